The van der Waals surface area contributed by atoms with Crippen LogP contribution < -0.4 is 0 Å². The van der Waals surface area contributed by atoms with E-state index >= 15 is 0 Å². The predicted octanol–water partition coefficient (Wildman–Crippen LogP) is 3.49. The molecule has 0 amide bonds. The van der Waals surface area contributed by atoms with Gasteiger partial charge < -0.3 is 0 Å². The Morgan fingerprint density at radius 2 is 2.08 bits per heavy atom. The maximum atomic E-state index is 11.5. The highest BCUT2D eigenvalue weighted by atomic mass is 16.1. The fourth-order valence-electron chi connectivity index (χ4n) is 1.96. The molecule has 0 aromatic heterocycles. The summed E-state index contributed by atoms with van der Waals surface area (Å²) in [6.07, 6.45) is 5.44. The first-order valence-electron chi connectivity index (χ1n) is 5.39. The molecule has 0 aromatic rings. The normalized spacial score (nSPS) is 23.0. The monoisotopic (exact) mass is 180 g/mol. The van der Waals surface area contributed by atoms with Crippen LogP contribution in [0.5, 0.6) is 0 Å². The molecule has 1 aliphatic carbocycles. The number of hydrogen-bond acceptors (Lipinski definition) is 1. The number of ketones is 1. The quantitative estimate of drug-likeness (QED) is 0.605. The summed E-state index contributed by atoms with van der Waals surface area (Å²) in [4.78, 5) is 11.5. The summed E-state index contributed by atoms with van der Waals surface area (Å²) < 4.78 is 0. The first kappa shape index (κ1) is 10.5. The highest BCUT2D eigenvalue weighted by molar-refractivity contribution is 5.98. The van der Waals surface area contributed by atoms with E-state index in [1.54, 1.807) is 0 Å². The summed E-state index contributed by atoms with van der Waals surface area (Å²) >= 11 is 0. The molecular formula is C12H20O. The van der Waals surface area contributed by atoms with Gasteiger partial charge in [-0.25, -0.2) is 0 Å². The van der Waals surface area contributed by atoms with Crippen molar-refractivity contribution in [3.8, 4) is 0 Å². The molecule has 1 nitrogen and oxygen atoms in total. The van der Waals surface area contributed by atoms with Crippen LogP contribution in [0.1, 0.15) is 52.9 Å². The molecule has 13 heavy (non-hydrogen) atoms. The minimum absolute atomic E-state index is 0.404. The molecule has 0 aliphatic heterocycles. The number of carbonyl (C=O) groups is 1. The molecule has 0 saturated heterocycles. The Kier molecular flexibility index (Phi) is 3.71. The van der Waals surface area contributed by atoms with Crippen LogP contribution in [-0.4, -0.2) is 5.78 Å². The molecule has 0 N–H and O–H groups in total. The van der Waals surface area contributed by atoms with Crippen LogP contribution in [-0.2, 0) is 4.79 Å². The fraction of sp³-hybridized carbons (Fsp3) is 0.750. The summed E-state index contributed by atoms with van der Waals surface area (Å²) in [6.45, 7) is 6.47. The largest absolute Gasteiger partial charge is 0.295 e. The molecule has 1 heteroatoms. The molecule has 0 radical (unpaired) electrons. The Labute approximate surface area is 81.2 Å². The third kappa shape index (κ3) is 2.43. The van der Waals surface area contributed by atoms with Crippen LogP contribution >= 0.6 is 0 Å². The van der Waals surface area contributed by atoms with Crippen molar-refractivity contribution in [3.63, 3.8) is 0 Å². The number of unbranched alkanes of at least 4 members (excludes halogenated alkanes) is 2. The Bertz CT molecular complexity index is 225. The lowest BCUT2D eigenvalue weighted by Gasteiger charge is -2.03. The highest BCUT2D eigenvalue weighted by Crippen LogP contribution is 2.31. The average molecular weight is 180 g/mol. The van der Waals surface area contributed by atoms with Crippen molar-refractivity contribution < 1.29 is 4.79 Å². The van der Waals surface area contributed by atoms with Crippen LogP contribution in [0.4, 0.5) is 0 Å². The molecule has 0 spiro atoms. The van der Waals surface area contributed by atoms with Crippen molar-refractivity contribution in [1.29, 1.82) is 0 Å². The van der Waals surface area contributed by atoms with Crippen molar-refractivity contribution in [2.45, 2.75) is 52.9 Å². The zero-order valence-electron chi connectivity index (χ0n) is 9.02. The predicted molar refractivity (Wildman–Crippen MR) is 55.6 cm³/mol. The maximum absolute atomic E-state index is 11.5. The number of rotatable bonds is 4. The maximum Gasteiger partial charge on any atom is 0.159 e. The van der Waals surface area contributed by atoms with E-state index in [1.807, 2.05) is 0 Å². The van der Waals surface area contributed by atoms with E-state index < -0.39 is 0 Å². The van der Waals surface area contributed by atoms with E-state index in [0.717, 1.165) is 18.4 Å². The average Bonchev–Trinajstić information content (AvgIpc) is 2.32. The number of Topliss-reactive ketones (excluding diaryl/α,β-unsaturated/α-hetero) is 1. The first-order valence-corrected chi connectivity index (χ1v) is 5.39. The van der Waals surface area contributed by atoms with Gasteiger partial charge in [0.15, 0.2) is 5.78 Å². The van der Waals surface area contributed by atoms with Crippen LogP contribution in [0.3, 0.4) is 0 Å². The van der Waals surface area contributed by atoms with Crippen molar-refractivity contribution >= 4 is 5.78 Å². The van der Waals surface area contributed by atoms with Gasteiger partial charge in [-0.1, -0.05) is 32.3 Å². The van der Waals surface area contributed by atoms with Gasteiger partial charge in [-0.3, -0.25) is 4.79 Å². The van der Waals surface area contributed by atoms with E-state index in [9.17, 15) is 4.79 Å². The van der Waals surface area contributed by atoms with Gasteiger partial charge in [0.05, 0.1) is 0 Å². The minimum atomic E-state index is 0.404. The fourth-order valence-corrected chi connectivity index (χ4v) is 1.96. The van der Waals surface area contributed by atoms with E-state index in [1.165, 1.54) is 24.8 Å². The van der Waals surface area contributed by atoms with Gasteiger partial charge in [0.25, 0.3) is 0 Å². The molecule has 0 saturated carbocycles. The molecule has 1 aliphatic rings. The summed E-state index contributed by atoms with van der Waals surface area (Å²) in [5.41, 5.74) is 2.49. The Hall–Kier alpha value is -0.590. The SMILES string of the molecule is CCCCCC1=C(C)C(C)CC1=O. The van der Waals surface area contributed by atoms with E-state index in [4.69, 9.17) is 0 Å². The summed E-state index contributed by atoms with van der Waals surface area (Å²) in [6, 6.07) is 0. The molecule has 1 unspecified atom stereocenters. The zero-order chi connectivity index (χ0) is 9.84. The molecular weight excluding hydrogens is 160 g/mol. The molecule has 0 fully saturated rings. The summed E-state index contributed by atoms with van der Waals surface area (Å²) in [7, 11) is 0. The Morgan fingerprint density at radius 3 is 2.54 bits per heavy atom. The molecule has 0 bridgehead atoms. The number of allylic oxidation sites excluding steroid dienone is 2. The third-order valence-corrected chi connectivity index (χ3v) is 3.07. The van der Waals surface area contributed by atoms with Crippen LogP contribution in [0, 0.1) is 5.92 Å². The van der Waals surface area contributed by atoms with Crippen LogP contribution in [0.15, 0.2) is 11.1 Å². The standard InChI is InChI=1S/C12H20O/c1-4-5-6-7-11-10(3)9(2)8-12(11)13/h9H,4-8H2,1-3H3. The third-order valence-electron chi connectivity index (χ3n) is 3.07. The van der Waals surface area contributed by atoms with E-state index in [-0.39, 0.29) is 0 Å². The van der Waals surface area contributed by atoms with Crippen molar-refractivity contribution in [2.24, 2.45) is 5.92 Å². The summed E-state index contributed by atoms with van der Waals surface area (Å²) in [5, 5.41) is 0. The van der Waals surface area contributed by atoms with Crippen molar-refractivity contribution in [2.75, 3.05) is 0 Å². The minimum Gasteiger partial charge on any atom is -0.295 e. The summed E-state index contributed by atoms with van der Waals surface area (Å²) in [5.74, 6) is 0.908. The van der Waals surface area contributed by atoms with Gasteiger partial charge in [0.1, 0.15) is 0 Å². The topological polar surface area (TPSA) is 17.1 Å². The second kappa shape index (κ2) is 4.59. The zero-order valence-corrected chi connectivity index (χ0v) is 9.02. The lowest BCUT2D eigenvalue weighted by atomic mass is 10.0. The molecule has 74 valence electrons. The van der Waals surface area contributed by atoms with Gasteiger partial charge in [0.2, 0.25) is 0 Å². The van der Waals surface area contributed by atoms with Gasteiger partial charge >= 0.3 is 0 Å². The second-order valence-corrected chi connectivity index (χ2v) is 4.15. The van der Waals surface area contributed by atoms with Crippen LogP contribution in [0.25, 0.3) is 0 Å². The molecule has 0 aromatic carbocycles. The van der Waals surface area contributed by atoms with Crippen molar-refractivity contribution in [3.05, 3.63) is 11.1 Å². The smallest absolute Gasteiger partial charge is 0.159 e. The Morgan fingerprint density at radius 1 is 1.38 bits per heavy atom. The van der Waals surface area contributed by atoms with Gasteiger partial charge in [-0.2, -0.15) is 0 Å². The molecule has 1 atom stereocenters. The lowest BCUT2D eigenvalue weighted by Crippen LogP contribution is -1.96. The number of hydrogen-bond donors (Lipinski definition) is 0. The molecule has 1 rings (SSSR count). The Balaban J connectivity index is 2.51. The lowest BCUT2D eigenvalue weighted by molar-refractivity contribution is -0.115. The van der Waals surface area contributed by atoms with Gasteiger partial charge in [0, 0.05) is 6.42 Å². The second-order valence-electron chi connectivity index (χ2n) is 4.15. The van der Waals surface area contributed by atoms with Crippen LogP contribution in [0.2, 0.25) is 0 Å². The number of carbonyl (C=O) groups excluding carboxylic acids is 1. The first-order chi connectivity index (χ1) is 6.16. The van der Waals surface area contributed by atoms with E-state index in [0.29, 0.717) is 11.7 Å². The van der Waals surface area contributed by atoms with Crippen molar-refractivity contribution in [1.82, 2.24) is 0 Å². The van der Waals surface area contributed by atoms with E-state index in [2.05, 4.69) is 20.8 Å². The highest BCUT2D eigenvalue weighted by Gasteiger charge is 2.25. The molecule has 0 heterocycles. The van der Waals surface area contributed by atoms with Gasteiger partial charge in [-0.15, -0.1) is 0 Å². The van der Waals surface area contributed by atoms with Gasteiger partial charge in [-0.05, 0) is 31.3 Å².